The van der Waals surface area contributed by atoms with Gasteiger partial charge in [-0.05, 0) is 38.5 Å². The maximum atomic E-state index is 11.6. The number of benzene rings is 1. The van der Waals surface area contributed by atoms with Crippen molar-refractivity contribution >= 4 is 23.4 Å². The summed E-state index contributed by atoms with van der Waals surface area (Å²) in [6.45, 7) is 3.68. The highest BCUT2D eigenvalue weighted by Crippen LogP contribution is 2.29. The largest absolute Gasteiger partial charge is 0.465 e. The monoisotopic (exact) mass is 312 g/mol. The van der Waals surface area contributed by atoms with Crippen LogP contribution in [0, 0.1) is 10.1 Å². The number of nitro benzene ring substituents is 1. The van der Waals surface area contributed by atoms with E-state index in [1.165, 1.54) is 17.8 Å². The van der Waals surface area contributed by atoms with E-state index in [-0.39, 0.29) is 5.69 Å². The number of ether oxygens (including phenoxy) is 1. The van der Waals surface area contributed by atoms with E-state index in [4.69, 9.17) is 10.5 Å². The van der Waals surface area contributed by atoms with Crippen LogP contribution in [0.3, 0.4) is 0 Å². The summed E-state index contributed by atoms with van der Waals surface area (Å²) in [5, 5.41) is 10.9. The molecule has 7 heteroatoms. The van der Waals surface area contributed by atoms with Crippen molar-refractivity contribution in [3.8, 4) is 0 Å². The van der Waals surface area contributed by atoms with E-state index in [1.807, 2.05) is 0 Å². The van der Waals surface area contributed by atoms with E-state index >= 15 is 0 Å². The molecule has 0 amide bonds. The molecule has 21 heavy (non-hydrogen) atoms. The first kappa shape index (κ1) is 17.5. The second kappa shape index (κ2) is 7.99. The fourth-order valence-electron chi connectivity index (χ4n) is 1.75. The molecule has 0 aliphatic rings. The van der Waals surface area contributed by atoms with E-state index in [2.05, 4.69) is 0 Å². The van der Waals surface area contributed by atoms with Crippen LogP contribution in [0.1, 0.15) is 26.7 Å². The maximum absolute atomic E-state index is 11.6. The molecule has 0 aliphatic carbocycles. The summed E-state index contributed by atoms with van der Waals surface area (Å²) >= 11 is 1.39. The molecule has 0 saturated carbocycles. The number of hydrogen-bond acceptors (Lipinski definition) is 6. The number of nitrogens with zero attached hydrogens (tertiary/aromatic N) is 1. The van der Waals surface area contributed by atoms with E-state index in [9.17, 15) is 14.9 Å². The summed E-state index contributed by atoms with van der Waals surface area (Å²) in [5.41, 5.74) is 5.00. The Kier molecular flexibility index (Phi) is 6.64. The first-order valence-corrected chi connectivity index (χ1v) is 7.69. The Balaban J connectivity index is 2.48. The van der Waals surface area contributed by atoms with Gasteiger partial charge >= 0.3 is 5.97 Å². The van der Waals surface area contributed by atoms with Crippen molar-refractivity contribution in [1.82, 2.24) is 0 Å². The van der Waals surface area contributed by atoms with Gasteiger partial charge < -0.3 is 10.5 Å². The molecule has 0 aliphatic heterocycles. The highest BCUT2D eigenvalue weighted by Gasteiger charge is 2.29. The smallest absolute Gasteiger partial charge is 0.325 e. The van der Waals surface area contributed by atoms with Crippen LogP contribution in [0.25, 0.3) is 0 Å². The topological polar surface area (TPSA) is 95.5 Å². The van der Waals surface area contributed by atoms with Crippen molar-refractivity contribution in [3.05, 3.63) is 34.4 Å². The normalized spacial score (nSPS) is 13.5. The fourth-order valence-corrected chi connectivity index (χ4v) is 2.72. The van der Waals surface area contributed by atoms with Crippen molar-refractivity contribution in [3.63, 3.8) is 0 Å². The minimum absolute atomic E-state index is 0.100. The first-order valence-electron chi connectivity index (χ1n) is 6.71. The molecule has 1 atom stereocenters. The number of esters is 1. The van der Waals surface area contributed by atoms with Crippen LogP contribution >= 0.6 is 11.8 Å². The molecule has 0 radical (unpaired) electrons. The fraction of sp³-hybridized carbons (Fsp3) is 0.500. The Hall–Kier alpha value is -1.60. The molecule has 0 aromatic heterocycles. The van der Waals surface area contributed by atoms with Crippen LogP contribution in [0.15, 0.2) is 29.2 Å². The van der Waals surface area contributed by atoms with Crippen molar-refractivity contribution in [1.29, 1.82) is 0 Å². The van der Waals surface area contributed by atoms with Gasteiger partial charge in [0.2, 0.25) is 0 Å². The Labute approximate surface area is 128 Å². The van der Waals surface area contributed by atoms with E-state index in [0.29, 0.717) is 30.1 Å². The van der Waals surface area contributed by atoms with Crippen LogP contribution in [-0.4, -0.2) is 28.8 Å². The van der Waals surface area contributed by atoms with Gasteiger partial charge in [0.15, 0.2) is 0 Å². The van der Waals surface area contributed by atoms with Crippen LogP contribution in [0.2, 0.25) is 0 Å². The zero-order valence-electron chi connectivity index (χ0n) is 12.2. The molecule has 1 aromatic rings. The molecule has 2 N–H and O–H groups in total. The second-order valence-corrected chi connectivity index (χ2v) is 5.95. The number of thioether (sulfide) groups is 1. The SMILES string of the molecule is CCOC(=O)C(C)(N)CCCSc1ccccc1[N+](=O)[O-]. The van der Waals surface area contributed by atoms with E-state index in [0.717, 1.165) is 0 Å². The number of carbonyl (C=O) groups excluding carboxylic acids is 1. The molecule has 0 bridgehead atoms. The average Bonchev–Trinajstić information content (AvgIpc) is 2.44. The summed E-state index contributed by atoms with van der Waals surface area (Å²) in [5.74, 6) is 0.234. The summed E-state index contributed by atoms with van der Waals surface area (Å²) in [4.78, 5) is 22.7. The van der Waals surface area contributed by atoms with Gasteiger partial charge in [0.25, 0.3) is 5.69 Å². The Morgan fingerprint density at radius 2 is 2.14 bits per heavy atom. The van der Waals surface area contributed by atoms with Crippen LogP contribution in [0.4, 0.5) is 5.69 Å². The Morgan fingerprint density at radius 3 is 2.76 bits per heavy atom. The summed E-state index contributed by atoms with van der Waals surface area (Å²) in [6.07, 6.45) is 1.14. The molecule has 0 spiro atoms. The van der Waals surface area contributed by atoms with Gasteiger partial charge in [0.1, 0.15) is 5.54 Å². The zero-order valence-corrected chi connectivity index (χ0v) is 13.0. The summed E-state index contributed by atoms with van der Waals surface area (Å²) < 4.78 is 4.91. The maximum Gasteiger partial charge on any atom is 0.325 e. The van der Waals surface area contributed by atoms with Crippen LogP contribution in [-0.2, 0) is 9.53 Å². The number of carbonyl (C=O) groups is 1. The number of nitro groups is 1. The van der Waals surface area contributed by atoms with Gasteiger partial charge in [0, 0.05) is 6.07 Å². The van der Waals surface area contributed by atoms with Gasteiger partial charge in [-0.25, -0.2) is 0 Å². The highest BCUT2D eigenvalue weighted by atomic mass is 32.2. The van der Waals surface area contributed by atoms with Gasteiger partial charge in [-0.2, -0.15) is 0 Å². The van der Waals surface area contributed by atoms with Crippen molar-refractivity contribution in [2.24, 2.45) is 5.73 Å². The minimum atomic E-state index is -1.01. The molecule has 0 heterocycles. The lowest BCUT2D eigenvalue weighted by Crippen LogP contribution is -2.46. The third-order valence-corrected chi connectivity index (χ3v) is 4.05. The molecule has 6 nitrogen and oxygen atoms in total. The lowest BCUT2D eigenvalue weighted by atomic mass is 9.98. The minimum Gasteiger partial charge on any atom is -0.465 e. The van der Waals surface area contributed by atoms with Crippen molar-refractivity contribution in [2.45, 2.75) is 37.1 Å². The molecular weight excluding hydrogens is 292 g/mol. The number of nitrogens with two attached hydrogens (primary N) is 1. The standard InChI is InChI=1S/C14H20N2O4S/c1-3-20-13(17)14(2,15)9-6-10-21-12-8-5-4-7-11(12)16(18)19/h4-5,7-8H,3,6,9-10,15H2,1-2H3. The van der Waals surface area contributed by atoms with E-state index in [1.54, 1.807) is 32.0 Å². The lowest BCUT2D eigenvalue weighted by Gasteiger charge is -2.21. The van der Waals surface area contributed by atoms with Gasteiger partial charge in [-0.3, -0.25) is 14.9 Å². The molecule has 1 unspecified atom stereocenters. The van der Waals surface area contributed by atoms with Crippen molar-refractivity contribution < 1.29 is 14.5 Å². The third-order valence-electron chi connectivity index (χ3n) is 2.90. The van der Waals surface area contributed by atoms with Gasteiger partial charge in [0.05, 0.1) is 16.4 Å². The third kappa shape index (κ3) is 5.35. The lowest BCUT2D eigenvalue weighted by molar-refractivity contribution is -0.387. The predicted molar refractivity (Wildman–Crippen MR) is 82.3 cm³/mol. The van der Waals surface area contributed by atoms with Crippen LogP contribution in [0.5, 0.6) is 0 Å². The van der Waals surface area contributed by atoms with Crippen LogP contribution < -0.4 is 5.73 Å². The molecule has 1 aromatic carbocycles. The number of hydrogen-bond donors (Lipinski definition) is 1. The first-order chi connectivity index (χ1) is 9.88. The Morgan fingerprint density at radius 1 is 1.48 bits per heavy atom. The molecule has 116 valence electrons. The highest BCUT2D eigenvalue weighted by molar-refractivity contribution is 7.99. The molecule has 0 saturated heterocycles. The quantitative estimate of drug-likeness (QED) is 0.261. The van der Waals surface area contributed by atoms with Crippen molar-refractivity contribution in [2.75, 3.05) is 12.4 Å². The number of para-hydroxylation sites is 1. The molecule has 0 fully saturated rings. The van der Waals surface area contributed by atoms with E-state index < -0.39 is 16.4 Å². The summed E-state index contributed by atoms with van der Waals surface area (Å²) in [6, 6.07) is 6.60. The average molecular weight is 312 g/mol. The molecular formula is C14H20N2O4S. The molecule has 1 rings (SSSR count). The summed E-state index contributed by atoms with van der Waals surface area (Å²) in [7, 11) is 0. The van der Waals surface area contributed by atoms with Gasteiger partial charge in [-0.15, -0.1) is 11.8 Å². The second-order valence-electron chi connectivity index (χ2n) is 4.81. The Bertz CT molecular complexity index is 506. The zero-order chi connectivity index (χ0) is 15.9. The van der Waals surface area contributed by atoms with Gasteiger partial charge in [-0.1, -0.05) is 12.1 Å². The number of rotatable bonds is 8. The predicted octanol–water partition coefficient (Wildman–Crippen LogP) is 2.75.